The molecule has 148 valence electrons. The van der Waals surface area contributed by atoms with Crippen LogP contribution in [0.15, 0.2) is 41.3 Å². The van der Waals surface area contributed by atoms with Gasteiger partial charge >= 0.3 is 0 Å². The number of rotatable bonds is 4. The number of carbonyl (C=O) groups excluding carboxylic acids is 2. The summed E-state index contributed by atoms with van der Waals surface area (Å²) in [5.74, 6) is 0.0278. The Morgan fingerprint density at radius 1 is 1.21 bits per heavy atom. The first kappa shape index (κ1) is 19.6. The molecule has 2 heterocycles. The first-order valence-corrected chi connectivity index (χ1v) is 10.2. The number of nitrogens with zero attached hydrogens (tertiary/aromatic N) is 1. The Bertz CT molecular complexity index is 1040. The number of fused-ring (bicyclic) bond motifs is 1. The number of hydrogen-bond donors (Lipinski definition) is 1. The molecule has 2 aliphatic heterocycles. The topological polar surface area (TPSA) is 67.9 Å². The maximum Gasteiger partial charge on any atom is 0.288 e. The Kier molecular flexibility index (Phi) is 5.40. The molecule has 0 unspecified atom stereocenters. The number of hydrogen-bond acceptors (Lipinski definition) is 6. The minimum absolute atomic E-state index is 0.0905. The zero-order valence-corrected chi connectivity index (χ0v) is 17.5. The first-order valence-electron chi connectivity index (χ1n) is 8.94. The van der Waals surface area contributed by atoms with E-state index in [1.165, 1.54) is 16.8 Å². The average molecular weight is 427 g/mol. The van der Waals surface area contributed by atoms with E-state index in [9.17, 15) is 9.59 Å². The van der Waals surface area contributed by atoms with Gasteiger partial charge in [0.25, 0.3) is 11.8 Å². The number of thioether (sulfide) groups is 1. The standard InChI is InChI=1S/C21H18N2O4S2/c1-12-5-13(2)7-15(6-12)10-27-23-16-8-14(3-4-17(16)26-11-19(23)24)9-18-20(25)22-21(28)29-18/h3-9H,10-11H2,1-2H3,(H,22,25,28). The quantitative estimate of drug-likeness (QED) is 0.595. The van der Waals surface area contributed by atoms with Crippen LogP contribution in [0.1, 0.15) is 22.3 Å². The van der Waals surface area contributed by atoms with Gasteiger partial charge in [-0.25, -0.2) is 0 Å². The molecule has 8 heteroatoms. The predicted molar refractivity (Wildman–Crippen MR) is 116 cm³/mol. The molecule has 1 fully saturated rings. The molecule has 2 amide bonds. The van der Waals surface area contributed by atoms with Gasteiger partial charge in [0, 0.05) is 0 Å². The van der Waals surface area contributed by atoms with Crippen LogP contribution >= 0.6 is 24.0 Å². The maximum absolute atomic E-state index is 12.4. The van der Waals surface area contributed by atoms with Gasteiger partial charge in [0.05, 0.1) is 4.91 Å². The van der Waals surface area contributed by atoms with Crippen molar-refractivity contribution in [2.24, 2.45) is 0 Å². The second-order valence-corrected chi connectivity index (χ2v) is 8.54. The summed E-state index contributed by atoms with van der Waals surface area (Å²) in [6, 6.07) is 11.5. The van der Waals surface area contributed by atoms with Gasteiger partial charge in [0.15, 0.2) is 6.61 Å². The number of ether oxygens (including phenoxy) is 1. The molecular formula is C21H18N2O4S2. The summed E-state index contributed by atoms with van der Waals surface area (Å²) >= 11 is 6.22. The second kappa shape index (κ2) is 7.98. The van der Waals surface area contributed by atoms with Crippen LogP contribution < -0.4 is 15.1 Å². The van der Waals surface area contributed by atoms with E-state index in [1.807, 2.05) is 32.0 Å². The molecular weight excluding hydrogens is 408 g/mol. The van der Waals surface area contributed by atoms with Crippen LogP contribution in [0, 0.1) is 13.8 Å². The molecule has 0 aromatic heterocycles. The molecule has 2 aromatic rings. The minimum atomic E-state index is -0.291. The van der Waals surface area contributed by atoms with Crippen LogP contribution in [0.5, 0.6) is 5.75 Å². The first-order chi connectivity index (χ1) is 13.9. The molecule has 1 N–H and O–H groups in total. The van der Waals surface area contributed by atoms with Gasteiger partial charge in [-0.15, -0.1) is 0 Å². The molecule has 2 aromatic carbocycles. The Morgan fingerprint density at radius 2 is 1.97 bits per heavy atom. The van der Waals surface area contributed by atoms with Crippen LogP contribution in [0.3, 0.4) is 0 Å². The fourth-order valence-corrected chi connectivity index (χ4v) is 4.29. The molecule has 0 bridgehead atoms. The lowest BCUT2D eigenvalue weighted by atomic mass is 10.1. The Balaban J connectivity index is 1.60. The summed E-state index contributed by atoms with van der Waals surface area (Å²) in [5.41, 5.74) is 4.50. The van der Waals surface area contributed by atoms with Gasteiger partial charge in [-0.1, -0.05) is 59.4 Å². The normalized spacial score (nSPS) is 17.4. The van der Waals surface area contributed by atoms with Crippen molar-refractivity contribution in [2.75, 3.05) is 11.7 Å². The molecule has 29 heavy (non-hydrogen) atoms. The van der Waals surface area contributed by atoms with Crippen LogP contribution in [0.2, 0.25) is 0 Å². The van der Waals surface area contributed by atoms with E-state index in [0.29, 0.717) is 20.7 Å². The van der Waals surface area contributed by atoms with Crippen molar-refractivity contribution < 1.29 is 19.2 Å². The third-order valence-electron chi connectivity index (χ3n) is 4.36. The zero-order valence-electron chi connectivity index (χ0n) is 15.9. The van der Waals surface area contributed by atoms with Crippen molar-refractivity contribution in [3.8, 4) is 5.75 Å². The summed E-state index contributed by atoms with van der Waals surface area (Å²) in [7, 11) is 0. The largest absolute Gasteiger partial charge is 0.481 e. The highest BCUT2D eigenvalue weighted by Crippen LogP contribution is 2.35. The lowest BCUT2D eigenvalue weighted by molar-refractivity contribution is -0.129. The molecule has 2 aliphatic rings. The van der Waals surface area contributed by atoms with E-state index in [0.717, 1.165) is 22.3 Å². The fourth-order valence-electron chi connectivity index (χ4n) is 3.24. The zero-order chi connectivity index (χ0) is 20.5. The number of anilines is 1. The highest BCUT2D eigenvalue weighted by Gasteiger charge is 2.28. The van der Waals surface area contributed by atoms with E-state index in [-0.39, 0.29) is 25.0 Å². The number of hydroxylamine groups is 1. The Labute approximate surface area is 177 Å². The van der Waals surface area contributed by atoms with Crippen molar-refractivity contribution in [1.29, 1.82) is 0 Å². The number of thiocarbonyl (C=S) groups is 1. The maximum atomic E-state index is 12.4. The molecule has 0 saturated carbocycles. The van der Waals surface area contributed by atoms with Crippen LogP contribution in [-0.4, -0.2) is 22.7 Å². The smallest absolute Gasteiger partial charge is 0.288 e. The number of amides is 2. The lowest BCUT2D eigenvalue weighted by Gasteiger charge is -2.28. The predicted octanol–water partition coefficient (Wildman–Crippen LogP) is 3.65. The van der Waals surface area contributed by atoms with Crippen LogP contribution in [0.4, 0.5) is 5.69 Å². The molecule has 0 aliphatic carbocycles. The van der Waals surface area contributed by atoms with Crippen molar-refractivity contribution in [3.63, 3.8) is 0 Å². The summed E-state index contributed by atoms with van der Waals surface area (Å²) < 4.78 is 5.95. The minimum Gasteiger partial charge on any atom is -0.481 e. The third kappa shape index (κ3) is 4.34. The number of benzene rings is 2. The monoisotopic (exact) mass is 426 g/mol. The van der Waals surface area contributed by atoms with Crippen molar-refractivity contribution >= 4 is 51.9 Å². The third-order valence-corrected chi connectivity index (χ3v) is 5.52. The molecule has 1 saturated heterocycles. The van der Waals surface area contributed by atoms with E-state index in [4.69, 9.17) is 21.8 Å². The Morgan fingerprint density at radius 3 is 2.66 bits per heavy atom. The van der Waals surface area contributed by atoms with Gasteiger partial charge in [-0.2, -0.15) is 5.06 Å². The lowest BCUT2D eigenvalue weighted by Crippen LogP contribution is -2.38. The summed E-state index contributed by atoms with van der Waals surface area (Å²) in [4.78, 5) is 30.7. The molecule has 6 nitrogen and oxygen atoms in total. The molecule has 0 radical (unpaired) electrons. The van der Waals surface area contributed by atoms with Crippen molar-refractivity contribution in [1.82, 2.24) is 5.32 Å². The van der Waals surface area contributed by atoms with Gasteiger partial charge in [0.2, 0.25) is 0 Å². The van der Waals surface area contributed by atoms with Gasteiger partial charge in [-0.3, -0.25) is 14.4 Å². The summed E-state index contributed by atoms with van der Waals surface area (Å²) in [5, 5.41) is 3.85. The average Bonchev–Trinajstić information content (AvgIpc) is 2.97. The molecule has 0 spiro atoms. The fraction of sp³-hybridized carbons (Fsp3) is 0.190. The second-order valence-electron chi connectivity index (χ2n) is 6.83. The van der Waals surface area contributed by atoms with E-state index in [2.05, 4.69) is 11.4 Å². The van der Waals surface area contributed by atoms with E-state index < -0.39 is 0 Å². The summed E-state index contributed by atoms with van der Waals surface area (Å²) in [6.07, 6.45) is 1.72. The van der Waals surface area contributed by atoms with Crippen molar-refractivity contribution in [2.45, 2.75) is 20.5 Å². The van der Waals surface area contributed by atoms with Gasteiger partial charge in [-0.05, 0) is 43.2 Å². The number of nitrogens with one attached hydrogen (secondary N) is 1. The number of aryl methyl sites for hydroxylation is 2. The SMILES string of the molecule is Cc1cc(C)cc(CON2C(=O)COc3ccc(C=C4SC(=S)NC4=O)cc32)c1. The Hall–Kier alpha value is -2.68. The van der Waals surface area contributed by atoms with E-state index in [1.54, 1.807) is 18.2 Å². The van der Waals surface area contributed by atoms with Crippen LogP contribution in [0.25, 0.3) is 6.08 Å². The van der Waals surface area contributed by atoms with E-state index >= 15 is 0 Å². The van der Waals surface area contributed by atoms with Crippen LogP contribution in [-0.2, 0) is 21.0 Å². The van der Waals surface area contributed by atoms with Crippen molar-refractivity contribution in [3.05, 3.63) is 63.6 Å². The number of carbonyl (C=O) groups is 2. The highest BCUT2D eigenvalue weighted by molar-refractivity contribution is 8.26. The highest BCUT2D eigenvalue weighted by atomic mass is 32.2. The molecule has 4 rings (SSSR count). The van der Waals surface area contributed by atoms with Gasteiger partial charge < -0.3 is 10.1 Å². The molecule has 0 atom stereocenters. The van der Waals surface area contributed by atoms with Gasteiger partial charge in [0.1, 0.15) is 22.4 Å². The summed E-state index contributed by atoms with van der Waals surface area (Å²) in [6.45, 7) is 4.21.